The van der Waals surface area contributed by atoms with Crippen molar-refractivity contribution in [2.24, 2.45) is 0 Å². The van der Waals surface area contributed by atoms with Crippen LogP contribution in [0.2, 0.25) is 0 Å². The van der Waals surface area contributed by atoms with Gasteiger partial charge in [0.2, 0.25) is 5.43 Å². The van der Waals surface area contributed by atoms with Gasteiger partial charge in [0.1, 0.15) is 0 Å². The molecule has 0 atom stereocenters. The Labute approximate surface area is 181 Å². The van der Waals surface area contributed by atoms with E-state index in [0.717, 1.165) is 27.3 Å². The molecule has 162 valence electrons. The van der Waals surface area contributed by atoms with E-state index in [-0.39, 0.29) is 17.9 Å². The summed E-state index contributed by atoms with van der Waals surface area (Å²) in [7, 11) is 0. The fourth-order valence-corrected chi connectivity index (χ4v) is 3.67. The number of carbonyl (C=O) groups is 1. The Kier molecular flexibility index (Phi) is 6.84. The molecule has 31 heavy (non-hydrogen) atoms. The van der Waals surface area contributed by atoms with Crippen LogP contribution in [-0.2, 0) is 6.18 Å². The molecule has 2 aromatic carbocycles. The Morgan fingerprint density at radius 2 is 1.77 bits per heavy atom. The maximum absolute atomic E-state index is 13.4. The average molecular weight is 447 g/mol. The average Bonchev–Trinajstić information content (AvgIpc) is 2.72. The molecule has 0 unspecified atom stereocenters. The SMILES string of the molecule is Cc1ccc(SCCNC(=O)c2nn(-c3ccccc3C(F)(F)F)c(C)cc2=O)cc1. The molecule has 1 N–H and O–H groups in total. The molecule has 9 heteroatoms. The number of aromatic nitrogens is 2. The Morgan fingerprint density at radius 3 is 2.45 bits per heavy atom. The molecule has 0 fully saturated rings. The van der Waals surface area contributed by atoms with Crippen LogP contribution in [0.3, 0.4) is 0 Å². The van der Waals surface area contributed by atoms with Gasteiger partial charge in [0.25, 0.3) is 5.91 Å². The second kappa shape index (κ2) is 9.38. The minimum atomic E-state index is -4.61. The molecule has 1 heterocycles. The molecule has 0 spiro atoms. The third-order valence-electron chi connectivity index (χ3n) is 4.44. The molecular weight excluding hydrogens is 427 g/mol. The maximum Gasteiger partial charge on any atom is 0.418 e. The third-order valence-corrected chi connectivity index (χ3v) is 5.45. The van der Waals surface area contributed by atoms with Crippen molar-refractivity contribution in [3.63, 3.8) is 0 Å². The molecule has 0 aliphatic carbocycles. The van der Waals surface area contributed by atoms with E-state index < -0.39 is 28.8 Å². The van der Waals surface area contributed by atoms with E-state index in [0.29, 0.717) is 5.75 Å². The number of para-hydroxylation sites is 1. The first-order valence-electron chi connectivity index (χ1n) is 9.42. The summed E-state index contributed by atoms with van der Waals surface area (Å²) >= 11 is 1.53. The second-order valence-corrected chi connectivity index (χ2v) is 8.01. The van der Waals surface area contributed by atoms with Gasteiger partial charge >= 0.3 is 6.18 Å². The summed E-state index contributed by atoms with van der Waals surface area (Å²) in [6.45, 7) is 3.72. The molecule has 3 rings (SSSR count). The zero-order valence-corrected chi connectivity index (χ0v) is 17.7. The van der Waals surface area contributed by atoms with Gasteiger partial charge in [-0.15, -0.1) is 11.8 Å². The molecule has 0 aliphatic heterocycles. The van der Waals surface area contributed by atoms with Crippen molar-refractivity contribution in [1.29, 1.82) is 0 Å². The second-order valence-electron chi connectivity index (χ2n) is 6.84. The number of aryl methyl sites for hydroxylation is 2. The Bertz CT molecular complexity index is 1140. The quantitative estimate of drug-likeness (QED) is 0.450. The van der Waals surface area contributed by atoms with Crippen LogP contribution in [0.1, 0.15) is 27.3 Å². The number of amides is 1. The molecule has 0 bridgehead atoms. The molecule has 0 saturated heterocycles. The van der Waals surface area contributed by atoms with E-state index in [9.17, 15) is 22.8 Å². The van der Waals surface area contributed by atoms with Gasteiger partial charge < -0.3 is 5.32 Å². The third kappa shape index (κ3) is 5.55. The number of hydrogen-bond acceptors (Lipinski definition) is 4. The largest absolute Gasteiger partial charge is 0.418 e. The van der Waals surface area contributed by atoms with Crippen LogP contribution >= 0.6 is 11.8 Å². The van der Waals surface area contributed by atoms with Crippen LogP contribution < -0.4 is 10.7 Å². The fourth-order valence-electron chi connectivity index (χ4n) is 2.90. The lowest BCUT2D eigenvalue weighted by atomic mass is 10.1. The lowest BCUT2D eigenvalue weighted by molar-refractivity contribution is -0.137. The molecule has 0 aliphatic rings. The van der Waals surface area contributed by atoms with Crippen LogP contribution in [0.25, 0.3) is 5.69 Å². The number of nitrogens with zero attached hydrogens (tertiary/aromatic N) is 2. The lowest BCUT2D eigenvalue weighted by Gasteiger charge is -2.16. The van der Waals surface area contributed by atoms with E-state index in [1.54, 1.807) is 0 Å². The normalized spacial score (nSPS) is 11.4. The Balaban J connectivity index is 1.77. The van der Waals surface area contributed by atoms with Gasteiger partial charge in [0, 0.05) is 29.0 Å². The molecule has 0 saturated carbocycles. The van der Waals surface area contributed by atoms with Crippen molar-refractivity contribution < 1.29 is 18.0 Å². The van der Waals surface area contributed by atoms with Crippen LogP contribution in [-0.4, -0.2) is 28.0 Å². The Hall–Kier alpha value is -3.07. The number of benzene rings is 2. The van der Waals surface area contributed by atoms with Crippen LogP contribution in [0.15, 0.2) is 64.3 Å². The van der Waals surface area contributed by atoms with Crippen molar-refractivity contribution >= 4 is 17.7 Å². The molecule has 5 nitrogen and oxygen atoms in total. The molecule has 1 aromatic heterocycles. The van der Waals surface area contributed by atoms with Crippen molar-refractivity contribution in [3.8, 4) is 5.69 Å². The van der Waals surface area contributed by atoms with Crippen molar-refractivity contribution in [1.82, 2.24) is 15.1 Å². The topological polar surface area (TPSA) is 64.0 Å². The van der Waals surface area contributed by atoms with Crippen molar-refractivity contribution in [2.45, 2.75) is 24.9 Å². The number of rotatable bonds is 6. The Morgan fingerprint density at radius 1 is 1.10 bits per heavy atom. The minimum absolute atomic E-state index is 0.188. The van der Waals surface area contributed by atoms with Crippen LogP contribution in [0.4, 0.5) is 13.2 Å². The van der Waals surface area contributed by atoms with Gasteiger partial charge in [-0.2, -0.15) is 18.3 Å². The first kappa shape index (κ1) is 22.6. The first-order chi connectivity index (χ1) is 14.7. The van der Waals surface area contributed by atoms with Gasteiger partial charge in [-0.25, -0.2) is 4.68 Å². The lowest BCUT2D eigenvalue weighted by Crippen LogP contribution is -2.33. The van der Waals surface area contributed by atoms with Gasteiger partial charge in [-0.3, -0.25) is 9.59 Å². The summed E-state index contributed by atoms with van der Waals surface area (Å²) in [5.41, 5.74) is -0.934. The highest BCUT2D eigenvalue weighted by molar-refractivity contribution is 7.99. The molecule has 1 amide bonds. The highest BCUT2D eigenvalue weighted by atomic mass is 32.2. The minimum Gasteiger partial charge on any atom is -0.350 e. The number of thioether (sulfide) groups is 1. The number of hydrogen-bond donors (Lipinski definition) is 1. The van der Waals surface area contributed by atoms with Crippen LogP contribution in [0, 0.1) is 13.8 Å². The van der Waals surface area contributed by atoms with Crippen LogP contribution in [0.5, 0.6) is 0 Å². The number of alkyl halides is 3. The monoisotopic (exact) mass is 447 g/mol. The van der Waals surface area contributed by atoms with E-state index >= 15 is 0 Å². The predicted molar refractivity (Wildman–Crippen MR) is 114 cm³/mol. The molecule has 3 aromatic rings. The van der Waals surface area contributed by atoms with Crippen molar-refractivity contribution in [2.75, 3.05) is 12.3 Å². The highest BCUT2D eigenvalue weighted by Crippen LogP contribution is 2.33. The maximum atomic E-state index is 13.4. The predicted octanol–water partition coefficient (Wildman–Crippen LogP) is 4.39. The highest BCUT2D eigenvalue weighted by Gasteiger charge is 2.34. The van der Waals surface area contributed by atoms with E-state index in [1.165, 1.54) is 36.9 Å². The van der Waals surface area contributed by atoms with Crippen molar-refractivity contribution in [3.05, 3.63) is 87.3 Å². The summed E-state index contributed by atoms with van der Waals surface area (Å²) in [5, 5.41) is 6.55. The summed E-state index contributed by atoms with van der Waals surface area (Å²) < 4.78 is 41.1. The van der Waals surface area contributed by atoms with Gasteiger partial charge in [0.15, 0.2) is 5.69 Å². The molecular formula is C22H20F3N3O2S. The van der Waals surface area contributed by atoms with Gasteiger partial charge in [-0.1, -0.05) is 29.8 Å². The summed E-state index contributed by atoms with van der Waals surface area (Å²) in [6.07, 6.45) is -4.61. The smallest absolute Gasteiger partial charge is 0.350 e. The van der Waals surface area contributed by atoms with E-state index in [2.05, 4.69) is 10.4 Å². The number of nitrogens with one attached hydrogen (secondary N) is 1. The van der Waals surface area contributed by atoms with E-state index in [1.807, 2.05) is 31.2 Å². The fraction of sp³-hybridized carbons (Fsp3) is 0.227. The van der Waals surface area contributed by atoms with Gasteiger partial charge in [0.05, 0.1) is 11.3 Å². The number of halogens is 3. The molecule has 0 radical (unpaired) electrons. The number of carbonyl (C=O) groups excluding carboxylic acids is 1. The zero-order chi connectivity index (χ0) is 22.6. The first-order valence-corrected chi connectivity index (χ1v) is 10.4. The van der Waals surface area contributed by atoms with Gasteiger partial charge in [-0.05, 0) is 38.1 Å². The standard InChI is InChI=1S/C22H20F3N3O2S/c1-14-7-9-16(10-8-14)31-12-11-26-21(30)20-19(29)13-15(2)28(27-20)18-6-4-3-5-17(18)22(23,24)25/h3-10,13H,11-12H2,1-2H3,(H,26,30). The summed E-state index contributed by atoms with van der Waals surface area (Å²) in [5.74, 6) is -0.168. The summed E-state index contributed by atoms with van der Waals surface area (Å²) in [6, 6.07) is 13.9. The summed E-state index contributed by atoms with van der Waals surface area (Å²) in [4.78, 5) is 25.8. The van der Waals surface area contributed by atoms with E-state index in [4.69, 9.17) is 0 Å². The zero-order valence-electron chi connectivity index (χ0n) is 16.9.